The van der Waals surface area contributed by atoms with E-state index in [1.165, 1.54) is 4.90 Å². The molecule has 170 valence electrons. The highest BCUT2D eigenvalue weighted by Crippen LogP contribution is 2.30. The number of piperidine rings is 1. The highest BCUT2D eigenvalue weighted by atomic mass is 16.5. The topological polar surface area (TPSA) is 165 Å². The number of nitrogen functional groups attached to an aromatic ring is 2. The molecule has 1 unspecified atom stereocenters. The number of fused-ring (bicyclic) bond motifs is 1. The van der Waals surface area contributed by atoms with Gasteiger partial charge in [-0.1, -0.05) is 6.07 Å². The van der Waals surface area contributed by atoms with Crippen molar-refractivity contribution in [3.8, 4) is 5.75 Å². The molecule has 1 fully saturated rings. The average molecular weight is 442 g/mol. The summed E-state index contributed by atoms with van der Waals surface area (Å²) >= 11 is 0. The summed E-state index contributed by atoms with van der Waals surface area (Å²) < 4.78 is 4.99. The van der Waals surface area contributed by atoms with Gasteiger partial charge in [0, 0.05) is 42.6 Å². The molecule has 10 heteroatoms. The van der Waals surface area contributed by atoms with Crippen LogP contribution in [0.1, 0.15) is 28.8 Å². The Morgan fingerprint density at radius 1 is 1.12 bits per heavy atom. The Kier molecular flexibility index (Phi) is 8.72. The third kappa shape index (κ3) is 5.82. The molecule has 10 nitrogen and oxygen atoms in total. The van der Waals surface area contributed by atoms with E-state index in [1.54, 1.807) is 42.5 Å². The first-order chi connectivity index (χ1) is 15.4. The first-order valence-corrected chi connectivity index (χ1v) is 9.79. The summed E-state index contributed by atoms with van der Waals surface area (Å²) in [5.74, 6) is -0.232. The molecule has 0 bridgehead atoms. The fourth-order valence-electron chi connectivity index (χ4n) is 3.30. The highest BCUT2D eigenvalue weighted by Gasteiger charge is 2.39. The molecule has 0 spiro atoms. The molecule has 1 saturated heterocycles. The molecule has 0 saturated carbocycles. The zero-order valence-corrected chi connectivity index (χ0v) is 17.6. The minimum absolute atomic E-state index is 0.0872. The number of benzene rings is 2. The fraction of sp³-hybridized carbons (Fsp3) is 0.273. The van der Waals surface area contributed by atoms with Crippen molar-refractivity contribution in [3.63, 3.8) is 0 Å². The van der Waals surface area contributed by atoms with Crippen LogP contribution in [-0.4, -0.2) is 53.8 Å². The zero-order chi connectivity index (χ0) is 23.7. The monoisotopic (exact) mass is 442 g/mol. The van der Waals surface area contributed by atoms with E-state index in [0.29, 0.717) is 41.9 Å². The van der Waals surface area contributed by atoms with Gasteiger partial charge in [-0.05, 0) is 42.8 Å². The lowest BCUT2D eigenvalue weighted by Crippen LogP contribution is -2.52. The Labute approximate surface area is 185 Å². The van der Waals surface area contributed by atoms with Crippen LogP contribution >= 0.6 is 0 Å². The van der Waals surface area contributed by atoms with E-state index >= 15 is 0 Å². The number of nitrogens with two attached hydrogens (primary N) is 2. The van der Waals surface area contributed by atoms with Crippen molar-refractivity contribution in [2.75, 3.05) is 25.2 Å². The maximum atomic E-state index is 12.3. The van der Waals surface area contributed by atoms with Crippen LogP contribution in [0.3, 0.4) is 0 Å². The number of rotatable bonds is 4. The number of hydrogen-bond acceptors (Lipinski definition) is 8. The summed E-state index contributed by atoms with van der Waals surface area (Å²) in [5, 5.41) is 9.27. The Morgan fingerprint density at radius 3 is 2.41 bits per heavy atom. The number of carbonyl (C=O) groups is 4. The quantitative estimate of drug-likeness (QED) is 0.302. The summed E-state index contributed by atoms with van der Waals surface area (Å²) in [6.45, 7) is 0.414. The van der Waals surface area contributed by atoms with Gasteiger partial charge in [0.15, 0.2) is 6.29 Å². The molecule has 0 radical (unpaired) electrons. The first-order valence-electron chi connectivity index (χ1n) is 9.79. The summed E-state index contributed by atoms with van der Waals surface area (Å²) in [6.07, 6.45) is 1.33. The SMILES string of the molecule is CO.Nc1ccc(OCC=O)cc1.Nc1cccc2c1CN(C1CCC(=O)NC1=O)C2=O. The number of carbonyl (C=O) groups excluding carboxylic acids is 4. The normalized spacial score (nSPS) is 16.6. The van der Waals surface area contributed by atoms with Gasteiger partial charge in [-0.2, -0.15) is 0 Å². The van der Waals surface area contributed by atoms with E-state index in [1.807, 2.05) is 0 Å². The third-order valence-electron chi connectivity index (χ3n) is 4.82. The smallest absolute Gasteiger partial charge is 0.255 e. The molecule has 6 N–H and O–H groups in total. The van der Waals surface area contributed by atoms with Gasteiger partial charge in [0.1, 0.15) is 18.4 Å². The molecular weight excluding hydrogens is 416 g/mol. The van der Waals surface area contributed by atoms with Gasteiger partial charge < -0.3 is 26.2 Å². The van der Waals surface area contributed by atoms with Gasteiger partial charge in [-0.3, -0.25) is 24.5 Å². The van der Waals surface area contributed by atoms with Crippen molar-refractivity contribution in [1.82, 2.24) is 10.2 Å². The summed E-state index contributed by atoms with van der Waals surface area (Å²) in [7, 11) is 1.00. The lowest BCUT2D eigenvalue weighted by molar-refractivity contribution is -0.136. The van der Waals surface area contributed by atoms with E-state index in [-0.39, 0.29) is 24.8 Å². The minimum atomic E-state index is -0.586. The zero-order valence-electron chi connectivity index (χ0n) is 17.6. The maximum absolute atomic E-state index is 12.3. The molecule has 2 aliphatic heterocycles. The number of aliphatic hydroxyl groups is 1. The van der Waals surface area contributed by atoms with E-state index in [4.69, 9.17) is 21.3 Å². The molecule has 1 atom stereocenters. The number of aldehydes is 1. The number of nitrogens with one attached hydrogen (secondary N) is 1. The van der Waals surface area contributed by atoms with Gasteiger partial charge in [-0.25, -0.2) is 0 Å². The van der Waals surface area contributed by atoms with Crippen LogP contribution in [0.2, 0.25) is 0 Å². The van der Waals surface area contributed by atoms with Crippen LogP contribution in [-0.2, 0) is 20.9 Å². The molecule has 4 rings (SSSR count). The summed E-state index contributed by atoms with van der Waals surface area (Å²) in [6, 6.07) is 11.5. The number of nitrogens with zero attached hydrogens (tertiary/aromatic N) is 1. The Hall–Kier alpha value is -3.92. The van der Waals surface area contributed by atoms with Gasteiger partial charge >= 0.3 is 0 Å². The predicted octanol–water partition coefficient (Wildman–Crippen LogP) is 0.485. The van der Waals surface area contributed by atoms with E-state index in [2.05, 4.69) is 5.32 Å². The number of amides is 3. The number of anilines is 2. The van der Waals surface area contributed by atoms with Crippen LogP contribution < -0.4 is 21.5 Å². The van der Waals surface area contributed by atoms with Crippen molar-refractivity contribution in [2.24, 2.45) is 0 Å². The van der Waals surface area contributed by atoms with Crippen molar-refractivity contribution in [1.29, 1.82) is 0 Å². The number of imide groups is 1. The Morgan fingerprint density at radius 2 is 1.81 bits per heavy atom. The fourth-order valence-corrected chi connectivity index (χ4v) is 3.30. The third-order valence-corrected chi connectivity index (χ3v) is 4.82. The molecule has 3 amide bonds. The lowest BCUT2D eigenvalue weighted by Gasteiger charge is -2.29. The highest BCUT2D eigenvalue weighted by molar-refractivity contribution is 6.06. The van der Waals surface area contributed by atoms with E-state index < -0.39 is 11.9 Å². The van der Waals surface area contributed by atoms with Crippen LogP contribution in [0.5, 0.6) is 5.75 Å². The van der Waals surface area contributed by atoms with Crippen molar-refractivity contribution < 1.29 is 29.0 Å². The maximum Gasteiger partial charge on any atom is 0.255 e. The van der Waals surface area contributed by atoms with Crippen molar-refractivity contribution >= 4 is 35.4 Å². The molecule has 2 aromatic carbocycles. The molecule has 32 heavy (non-hydrogen) atoms. The lowest BCUT2D eigenvalue weighted by atomic mass is 10.0. The van der Waals surface area contributed by atoms with Crippen LogP contribution in [0, 0.1) is 0 Å². The molecule has 2 aliphatic rings. The molecule has 0 aliphatic carbocycles. The van der Waals surface area contributed by atoms with Gasteiger partial charge in [0.25, 0.3) is 5.91 Å². The molecular formula is C22H26N4O6. The Balaban J connectivity index is 0.000000239. The number of aliphatic hydroxyl groups excluding tert-OH is 1. The average Bonchev–Trinajstić information content (AvgIpc) is 3.13. The van der Waals surface area contributed by atoms with Crippen LogP contribution in [0.15, 0.2) is 42.5 Å². The van der Waals surface area contributed by atoms with Gasteiger partial charge in [0.05, 0.1) is 0 Å². The van der Waals surface area contributed by atoms with Crippen molar-refractivity contribution in [3.05, 3.63) is 53.6 Å². The second-order valence-electron chi connectivity index (χ2n) is 6.82. The van der Waals surface area contributed by atoms with E-state index in [0.717, 1.165) is 12.7 Å². The minimum Gasteiger partial charge on any atom is -0.486 e. The molecule has 2 heterocycles. The predicted molar refractivity (Wildman–Crippen MR) is 117 cm³/mol. The van der Waals surface area contributed by atoms with Crippen LogP contribution in [0.25, 0.3) is 0 Å². The standard InChI is InChI=1S/C13H13N3O3.C8H9NO2.CH4O/c14-9-3-1-2-7-8(9)6-16(13(7)19)10-4-5-11(17)15-12(10)18;9-7-1-3-8(4-2-7)11-6-5-10;1-2/h1-3,10H,4-6,14H2,(H,15,17,18);1-5H,6,9H2;2H,1H3. The van der Waals surface area contributed by atoms with Gasteiger partial charge in [-0.15, -0.1) is 0 Å². The summed E-state index contributed by atoms with van der Waals surface area (Å²) in [4.78, 5) is 46.6. The van der Waals surface area contributed by atoms with E-state index in [9.17, 15) is 19.2 Å². The first kappa shape index (κ1) is 24.4. The number of hydrogen-bond donors (Lipinski definition) is 4. The number of ether oxygens (including phenoxy) is 1. The molecule has 2 aromatic rings. The van der Waals surface area contributed by atoms with Gasteiger partial charge in [0.2, 0.25) is 11.8 Å². The molecule has 0 aromatic heterocycles. The second-order valence-corrected chi connectivity index (χ2v) is 6.82. The summed E-state index contributed by atoms with van der Waals surface area (Å²) in [5.41, 5.74) is 13.8. The van der Waals surface area contributed by atoms with Crippen molar-refractivity contribution in [2.45, 2.75) is 25.4 Å². The largest absolute Gasteiger partial charge is 0.486 e. The van der Waals surface area contributed by atoms with Crippen LogP contribution in [0.4, 0.5) is 11.4 Å². The second kappa shape index (κ2) is 11.5. The Bertz CT molecular complexity index is 977.